The van der Waals surface area contributed by atoms with Crippen LogP contribution in [0.1, 0.15) is 96.8 Å². The first-order valence-corrected chi connectivity index (χ1v) is 13.2. The smallest absolute Gasteiger partial charge is 0.332 e. The highest BCUT2D eigenvalue weighted by Gasteiger charge is 2.21. The number of carbonyl (C=O) groups excluding carboxylic acids is 1. The number of rotatable bonds is 24. The fourth-order valence-corrected chi connectivity index (χ4v) is 3.52. The van der Waals surface area contributed by atoms with E-state index in [1.54, 1.807) is 0 Å². The molecule has 0 heterocycles. The average molecular weight is 486 g/mol. The Balaban J connectivity index is 3.99. The predicted octanol–water partition coefficient (Wildman–Crippen LogP) is 5.61. The normalized spacial score (nSPS) is 13.4. The Morgan fingerprint density at radius 3 is 2.15 bits per heavy atom. The summed E-state index contributed by atoms with van der Waals surface area (Å²) in [5.74, 6) is -1.11. The molecule has 0 bridgehead atoms. The van der Waals surface area contributed by atoms with Crippen molar-refractivity contribution in [3.05, 3.63) is 12.2 Å². The summed E-state index contributed by atoms with van der Waals surface area (Å²) in [5, 5.41) is 9.52. The van der Waals surface area contributed by atoms with Crippen LogP contribution in [0.25, 0.3) is 0 Å². The van der Waals surface area contributed by atoms with Crippen LogP contribution in [0.3, 0.4) is 0 Å². The van der Waals surface area contributed by atoms with Crippen LogP contribution in [0.2, 0.25) is 0 Å². The van der Waals surface area contributed by atoms with E-state index < -0.39 is 12.1 Å². The van der Waals surface area contributed by atoms with Crippen molar-refractivity contribution in [2.45, 2.75) is 109 Å². The molecule has 0 radical (unpaired) electrons. The van der Waals surface area contributed by atoms with Gasteiger partial charge in [0.15, 0.2) is 6.10 Å². The van der Waals surface area contributed by atoms with Crippen molar-refractivity contribution in [2.75, 3.05) is 41.0 Å². The Labute approximate surface area is 208 Å². The number of nitrogens with zero attached hydrogens (tertiary/aromatic N) is 1. The molecule has 0 aromatic carbocycles. The van der Waals surface area contributed by atoms with E-state index in [0.29, 0.717) is 32.7 Å². The molecule has 0 aromatic rings. The first kappa shape index (κ1) is 32.6. The van der Waals surface area contributed by atoms with Crippen molar-refractivity contribution >= 4 is 11.9 Å². The third-order valence-electron chi connectivity index (χ3n) is 5.93. The van der Waals surface area contributed by atoms with E-state index in [1.807, 2.05) is 19.0 Å². The van der Waals surface area contributed by atoms with Crippen LogP contribution in [0.5, 0.6) is 0 Å². The SMILES string of the molecule is CCCCCCCCC=CCCCCC(OCC(COCCCCC(=O)OC)N(C)C)C(=O)O. The van der Waals surface area contributed by atoms with E-state index in [0.717, 1.165) is 38.5 Å². The van der Waals surface area contributed by atoms with Gasteiger partial charge in [-0.25, -0.2) is 4.79 Å². The van der Waals surface area contributed by atoms with Crippen LogP contribution in [0.4, 0.5) is 0 Å². The van der Waals surface area contributed by atoms with Gasteiger partial charge in [0.2, 0.25) is 0 Å². The molecule has 0 rings (SSSR count). The molecule has 2 unspecified atom stereocenters. The molecule has 0 saturated heterocycles. The van der Waals surface area contributed by atoms with Crippen LogP contribution in [0.15, 0.2) is 12.2 Å². The lowest BCUT2D eigenvalue weighted by atomic mass is 10.1. The lowest BCUT2D eigenvalue weighted by Gasteiger charge is -2.25. The van der Waals surface area contributed by atoms with Gasteiger partial charge in [0.25, 0.3) is 0 Å². The second kappa shape index (κ2) is 23.3. The molecule has 0 amide bonds. The second-order valence-electron chi connectivity index (χ2n) is 9.20. The Morgan fingerprint density at radius 2 is 1.53 bits per heavy atom. The first-order valence-electron chi connectivity index (χ1n) is 13.2. The molecule has 0 spiro atoms. The van der Waals surface area contributed by atoms with Crippen molar-refractivity contribution in [2.24, 2.45) is 0 Å². The minimum atomic E-state index is -0.903. The summed E-state index contributed by atoms with van der Waals surface area (Å²) in [7, 11) is 5.25. The van der Waals surface area contributed by atoms with Crippen LogP contribution in [-0.2, 0) is 23.8 Å². The lowest BCUT2D eigenvalue weighted by Crippen LogP contribution is -2.39. The van der Waals surface area contributed by atoms with E-state index in [-0.39, 0.29) is 12.0 Å². The number of methoxy groups -OCH3 is 1. The topological polar surface area (TPSA) is 85.3 Å². The highest BCUT2D eigenvalue weighted by molar-refractivity contribution is 5.72. The highest BCUT2D eigenvalue weighted by atomic mass is 16.5. The van der Waals surface area contributed by atoms with Crippen molar-refractivity contribution in [3.8, 4) is 0 Å². The van der Waals surface area contributed by atoms with Crippen LogP contribution >= 0.6 is 0 Å². The van der Waals surface area contributed by atoms with E-state index in [9.17, 15) is 14.7 Å². The summed E-state index contributed by atoms with van der Waals surface area (Å²) in [6.45, 7) is 3.56. The molecule has 7 nitrogen and oxygen atoms in total. The Bertz CT molecular complexity index is 523. The molecule has 34 heavy (non-hydrogen) atoms. The maximum Gasteiger partial charge on any atom is 0.332 e. The second-order valence-corrected chi connectivity index (χ2v) is 9.20. The maximum absolute atomic E-state index is 11.6. The van der Waals surface area contributed by atoms with E-state index in [2.05, 4.69) is 23.8 Å². The van der Waals surface area contributed by atoms with Gasteiger partial charge in [-0.3, -0.25) is 4.79 Å². The molecule has 0 aliphatic rings. The first-order chi connectivity index (χ1) is 16.4. The summed E-state index contributed by atoms with van der Waals surface area (Å²) in [5.41, 5.74) is 0. The average Bonchev–Trinajstić information content (AvgIpc) is 2.81. The Morgan fingerprint density at radius 1 is 0.882 bits per heavy atom. The summed E-state index contributed by atoms with van der Waals surface area (Å²) in [6, 6.07) is -0.0210. The quantitative estimate of drug-likeness (QED) is 0.108. The van der Waals surface area contributed by atoms with Crippen LogP contribution < -0.4 is 0 Å². The van der Waals surface area contributed by atoms with E-state index in [1.165, 1.54) is 45.6 Å². The number of hydrogen-bond donors (Lipinski definition) is 1. The molecular formula is C27H51NO6. The number of carboxylic acids is 1. The third kappa shape index (κ3) is 20.0. The summed E-state index contributed by atoms with van der Waals surface area (Å²) < 4.78 is 16.1. The Kier molecular flexibility index (Phi) is 22.3. The van der Waals surface area contributed by atoms with Gasteiger partial charge in [-0.1, -0.05) is 51.2 Å². The van der Waals surface area contributed by atoms with Gasteiger partial charge in [0.1, 0.15) is 0 Å². The molecular weight excluding hydrogens is 434 g/mol. The summed E-state index contributed by atoms with van der Waals surface area (Å²) in [4.78, 5) is 24.7. The summed E-state index contributed by atoms with van der Waals surface area (Å²) in [6.07, 6.45) is 18.0. The molecule has 200 valence electrons. The number of unbranched alkanes of at least 4 members (excludes halogenated alkanes) is 9. The lowest BCUT2D eigenvalue weighted by molar-refractivity contribution is -0.152. The molecule has 1 N–H and O–H groups in total. The number of aliphatic carboxylic acids is 1. The monoisotopic (exact) mass is 485 g/mol. The minimum Gasteiger partial charge on any atom is -0.479 e. The number of hydrogen-bond acceptors (Lipinski definition) is 6. The van der Waals surface area contributed by atoms with Crippen molar-refractivity contribution < 1.29 is 28.9 Å². The minimum absolute atomic E-state index is 0.0210. The maximum atomic E-state index is 11.6. The Hall–Kier alpha value is -1.44. The third-order valence-corrected chi connectivity index (χ3v) is 5.93. The summed E-state index contributed by atoms with van der Waals surface area (Å²) >= 11 is 0. The molecule has 0 aliphatic heterocycles. The van der Waals surface area contributed by atoms with Crippen LogP contribution in [0, 0.1) is 0 Å². The van der Waals surface area contributed by atoms with Gasteiger partial charge < -0.3 is 24.2 Å². The number of carboxylic acid groups (broad SMARTS) is 1. The zero-order valence-corrected chi connectivity index (χ0v) is 22.3. The zero-order chi connectivity index (χ0) is 25.4. The number of esters is 1. The van der Waals surface area contributed by atoms with Crippen molar-refractivity contribution in [1.82, 2.24) is 4.90 Å². The van der Waals surface area contributed by atoms with Gasteiger partial charge >= 0.3 is 11.9 Å². The molecule has 0 aliphatic carbocycles. The molecule has 0 aromatic heterocycles. The van der Waals surface area contributed by atoms with Crippen molar-refractivity contribution in [1.29, 1.82) is 0 Å². The fourth-order valence-electron chi connectivity index (χ4n) is 3.52. The molecule has 2 atom stereocenters. The van der Waals surface area contributed by atoms with Gasteiger partial charge in [-0.2, -0.15) is 0 Å². The van der Waals surface area contributed by atoms with Gasteiger partial charge in [-0.05, 0) is 65.5 Å². The number of likely N-dealkylation sites (N-methyl/N-ethyl adjacent to an activating group) is 1. The standard InChI is InChI=1S/C27H51NO6/c1-5-6-7-8-9-10-11-12-13-14-15-16-19-25(27(30)31)34-23-24(28(2)3)22-33-21-18-17-20-26(29)32-4/h12-13,24-25H,5-11,14-23H2,1-4H3,(H,30,31). The number of carbonyl (C=O) groups is 2. The zero-order valence-electron chi connectivity index (χ0n) is 22.3. The van der Waals surface area contributed by atoms with E-state index in [4.69, 9.17) is 9.47 Å². The van der Waals surface area contributed by atoms with Gasteiger partial charge in [-0.15, -0.1) is 0 Å². The molecule has 0 saturated carbocycles. The molecule has 0 fully saturated rings. The van der Waals surface area contributed by atoms with Gasteiger partial charge in [0.05, 0.1) is 26.4 Å². The largest absolute Gasteiger partial charge is 0.479 e. The fraction of sp³-hybridized carbons (Fsp3) is 0.852. The number of allylic oxidation sites excluding steroid dienone is 2. The predicted molar refractivity (Wildman–Crippen MR) is 137 cm³/mol. The van der Waals surface area contributed by atoms with E-state index >= 15 is 0 Å². The number of ether oxygens (including phenoxy) is 3. The van der Waals surface area contributed by atoms with Gasteiger partial charge in [0, 0.05) is 13.0 Å². The van der Waals surface area contributed by atoms with Crippen molar-refractivity contribution in [3.63, 3.8) is 0 Å². The highest BCUT2D eigenvalue weighted by Crippen LogP contribution is 2.11. The van der Waals surface area contributed by atoms with Crippen LogP contribution in [-0.4, -0.2) is 75.1 Å². The molecule has 7 heteroatoms.